The Bertz CT molecular complexity index is 502. The maximum absolute atomic E-state index is 11.5. The molecule has 0 saturated carbocycles. The average Bonchev–Trinajstić information content (AvgIpc) is 3.05. The van der Waals surface area contributed by atoms with E-state index in [-0.39, 0.29) is 12.5 Å². The molecule has 1 atom stereocenters. The lowest BCUT2D eigenvalue weighted by Crippen LogP contribution is -2.26. The van der Waals surface area contributed by atoms with Crippen LogP contribution in [0.4, 0.5) is 0 Å². The predicted molar refractivity (Wildman–Crippen MR) is 70.0 cm³/mol. The highest BCUT2D eigenvalue weighted by Crippen LogP contribution is 2.17. The summed E-state index contributed by atoms with van der Waals surface area (Å²) in [7, 11) is 0. The van der Waals surface area contributed by atoms with Crippen LogP contribution in [0.3, 0.4) is 0 Å². The number of furan rings is 1. The van der Waals surface area contributed by atoms with E-state index in [1.807, 2.05) is 17.5 Å². The van der Waals surface area contributed by atoms with Gasteiger partial charge in [-0.2, -0.15) is 0 Å². The molecule has 0 fully saturated rings. The van der Waals surface area contributed by atoms with Gasteiger partial charge >= 0.3 is 0 Å². The van der Waals surface area contributed by atoms with Crippen LogP contribution < -0.4 is 5.32 Å². The van der Waals surface area contributed by atoms with E-state index in [0.717, 1.165) is 10.4 Å². The SMILES string of the molecule is O=C(/C=C/c1ccoc1)NC[C@H](O)c1cccs1. The van der Waals surface area contributed by atoms with Gasteiger partial charge in [0.2, 0.25) is 5.91 Å². The van der Waals surface area contributed by atoms with Crippen LogP contribution in [-0.4, -0.2) is 17.6 Å². The summed E-state index contributed by atoms with van der Waals surface area (Å²) in [5, 5.41) is 14.3. The Morgan fingerprint density at radius 2 is 2.44 bits per heavy atom. The molecule has 2 aromatic rings. The smallest absolute Gasteiger partial charge is 0.244 e. The summed E-state index contributed by atoms with van der Waals surface area (Å²) >= 11 is 1.46. The Labute approximate surface area is 109 Å². The van der Waals surface area contributed by atoms with Gasteiger partial charge in [0.05, 0.1) is 12.5 Å². The molecule has 2 N–H and O–H groups in total. The van der Waals surface area contributed by atoms with Crippen molar-refractivity contribution in [1.29, 1.82) is 0 Å². The molecule has 0 aliphatic rings. The quantitative estimate of drug-likeness (QED) is 0.813. The number of rotatable bonds is 5. The van der Waals surface area contributed by atoms with E-state index in [1.54, 1.807) is 18.4 Å². The molecule has 4 nitrogen and oxygen atoms in total. The number of carbonyl (C=O) groups excluding carboxylic acids is 1. The van der Waals surface area contributed by atoms with E-state index in [9.17, 15) is 9.90 Å². The lowest BCUT2D eigenvalue weighted by molar-refractivity contribution is -0.116. The van der Waals surface area contributed by atoms with Crippen molar-refractivity contribution in [2.75, 3.05) is 6.54 Å². The van der Waals surface area contributed by atoms with Gasteiger partial charge in [0.1, 0.15) is 6.10 Å². The predicted octanol–water partition coefficient (Wildman–Crippen LogP) is 2.20. The molecule has 0 radical (unpaired) electrons. The van der Waals surface area contributed by atoms with Crippen LogP contribution in [0.25, 0.3) is 6.08 Å². The standard InChI is InChI=1S/C13H13NO3S/c15-11(12-2-1-7-18-12)8-14-13(16)4-3-10-5-6-17-9-10/h1-7,9,11,15H,8H2,(H,14,16)/b4-3+/t11-/m0/s1. The second-order valence-electron chi connectivity index (χ2n) is 3.67. The second kappa shape index (κ2) is 6.18. The van der Waals surface area contributed by atoms with Crippen molar-refractivity contribution in [2.45, 2.75) is 6.10 Å². The Kier molecular flexibility index (Phi) is 4.33. The van der Waals surface area contributed by atoms with E-state index >= 15 is 0 Å². The molecule has 0 unspecified atom stereocenters. The van der Waals surface area contributed by atoms with Gasteiger partial charge in [-0.3, -0.25) is 4.79 Å². The van der Waals surface area contributed by atoms with Crippen molar-refractivity contribution in [3.05, 3.63) is 52.6 Å². The number of thiophene rings is 1. The monoisotopic (exact) mass is 263 g/mol. The summed E-state index contributed by atoms with van der Waals surface area (Å²) in [6, 6.07) is 5.46. The van der Waals surface area contributed by atoms with Crippen LogP contribution >= 0.6 is 11.3 Å². The van der Waals surface area contributed by atoms with Gasteiger partial charge in [-0.25, -0.2) is 0 Å². The summed E-state index contributed by atoms with van der Waals surface area (Å²) in [5.41, 5.74) is 0.823. The van der Waals surface area contributed by atoms with E-state index in [2.05, 4.69) is 5.32 Å². The summed E-state index contributed by atoms with van der Waals surface area (Å²) in [6.07, 6.45) is 5.49. The van der Waals surface area contributed by atoms with Gasteiger partial charge in [0.15, 0.2) is 0 Å². The molecular formula is C13H13NO3S. The minimum atomic E-state index is -0.656. The Morgan fingerprint density at radius 3 is 3.11 bits per heavy atom. The zero-order valence-corrected chi connectivity index (χ0v) is 10.4. The molecule has 2 rings (SSSR count). The van der Waals surface area contributed by atoms with Crippen molar-refractivity contribution >= 4 is 23.3 Å². The summed E-state index contributed by atoms with van der Waals surface area (Å²) in [5.74, 6) is -0.244. The molecule has 2 heterocycles. The molecule has 0 saturated heterocycles. The van der Waals surface area contributed by atoms with Crippen LogP contribution in [0.1, 0.15) is 16.5 Å². The highest BCUT2D eigenvalue weighted by Gasteiger charge is 2.08. The number of nitrogens with one attached hydrogen (secondary N) is 1. The molecule has 0 aliphatic carbocycles. The third kappa shape index (κ3) is 3.58. The van der Waals surface area contributed by atoms with Crippen molar-refractivity contribution in [3.8, 4) is 0 Å². The molecule has 0 aromatic carbocycles. The first kappa shape index (κ1) is 12.6. The topological polar surface area (TPSA) is 62.5 Å². The molecule has 5 heteroatoms. The maximum atomic E-state index is 11.5. The summed E-state index contributed by atoms with van der Waals surface area (Å²) < 4.78 is 4.87. The normalized spacial score (nSPS) is 12.7. The Hall–Kier alpha value is -1.85. The van der Waals surface area contributed by atoms with Crippen LogP contribution in [-0.2, 0) is 4.79 Å². The molecule has 94 valence electrons. The first-order chi connectivity index (χ1) is 8.75. The van der Waals surface area contributed by atoms with Gasteiger partial charge in [0.25, 0.3) is 0 Å². The van der Waals surface area contributed by atoms with Crippen LogP contribution in [0, 0.1) is 0 Å². The fourth-order valence-corrected chi connectivity index (χ4v) is 2.09. The molecule has 0 bridgehead atoms. The molecular weight excluding hydrogens is 250 g/mol. The van der Waals surface area contributed by atoms with Gasteiger partial charge in [0, 0.05) is 23.1 Å². The number of hydrogen-bond acceptors (Lipinski definition) is 4. The van der Waals surface area contributed by atoms with E-state index in [0.29, 0.717) is 0 Å². The molecule has 18 heavy (non-hydrogen) atoms. The highest BCUT2D eigenvalue weighted by atomic mass is 32.1. The van der Waals surface area contributed by atoms with Crippen LogP contribution in [0.2, 0.25) is 0 Å². The van der Waals surface area contributed by atoms with Gasteiger partial charge < -0.3 is 14.8 Å². The Balaban J connectivity index is 1.78. The van der Waals surface area contributed by atoms with Crippen molar-refractivity contribution < 1.29 is 14.3 Å². The van der Waals surface area contributed by atoms with Crippen molar-refractivity contribution in [2.24, 2.45) is 0 Å². The Morgan fingerprint density at radius 1 is 1.56 bits per heavy atom. The third-order valence-corrected chi connectivity index (χ3v) is 3.29. The van der Waals surface area contributed by atoms with Gasteiger partial charge in [-0.1, -0.05) is 6.07 Å². The second-order valence-corrected chi connectivity index (χ2v) is 4.65. The lowest BCUT2D eigenvalue weighted by atomic mass is 10.3. The van der Waals surface area contributed by atoms with Crippen LogP contribution in [0.15, 0.2) is 46.6 Å². The minimum absolute atomic E-state index is 0.203. The van der Waals surface area contributed by atoms with Crippen LogP contribution in [0.5, 0.6) is 0 Å². The van der Waals surface area contributed by atoms with E-state index in [1.165, 1.54) is 23.7 Å². The summed E-state index contributed by atoms with van der Waals surface area (Å²) in [6.45, 7) is 0.203. The lowest BCUT2D eigenvalue weighted by Gasteiger charge is -2.08. The third-order valence-electron chi connectivity index (χ3n) is 2.31. The number of aliphatic hydroxyl groups is 1. The van der Waals surface area contributed by atoms with E-state index in [4.69, 9.17) is 4.42 Å². The maximum Gasteiger partial charge on any atom is 0.244 e. The summed E-state index contributed by atoms with van der Waals surface area (Å²) in [4.78, 5) is 12.3. The van der Waals surface area contributed by atoms with Crippen molar-refractivity contribution in [3.63, 3.8) is 0 Å². The fourth-order valence-electron chi connectivity index (χ4n) is 1.38. The number of hydrogen-bond donors (Lipinski definition) is 2. The first-order valence-electron chi connectivity index (χ1n) is 5.45. The molecule has 1 amide bonds. The molecule has 0 spiro atoms. The zero-order chi connectivity index (χ0) is 12.8. The fraction of sp³-hybridized carbons (Fsp3) is 0.154. The minimum Gasteiger partial charge on any atom is -0.472 e. The van der Waals surface area contributed by atoms with Gasteiger partial charge in [-0.15, -0.1) is 11.3 Å². The zero-order valence-electron chi connectivity index (χ0n) is 9.58. The number of amides is 1. The largest absolute Gasteiger partial charge is 0.472 e. The first-order valence-corrected chi connectivity index (χ1v) is 6.33. The number of carbonyl (C=O) groups is 1. The number of aliphatic hydroxyl groups excluding tert-OH is 1. The highest BCUT2D eigenvalue weighted by molar-refractivity contribution is 7.10. The molecule has 0 aliphatic heterocycles. The van der Waals surface area contributed by atoms with Gasteiger partial charge in [-0.05, 0) is 23.6 Å². The van der Waals surface area contributed by atoms with Crippen molar-refractivity contribution in [1.82, 2.24) is 5.32 Å². The average molecular weight is 263 g/mol. The van der Waals surface area contributed by atoms with E-state index < -0.39 is 6.10 Å². The molecule has 2 aromatic heterocycles.